The number of aromatic nitrogens is 1. The average Bonchev–Trinajstić information content (AvgIpc) is 3.51. The molecule has 1 aromatic carbocycles. The molecule has 0 saturated heterocycles. The van der Waals surface area contributed by atoms with Crippen molar-refractivity contribution < 1.29 is 28.1 Å². The molecule has 2 unspecified atom stereocenters. The summed E-state index contributed by atoms with van der Waals surface area (Å²) < 4.78 is 45.0. The van der Waals surface area contributed by atoms with Crippen molar-refractivity contribution in [1.82, 2.24) is 4.98 Å². The maximum atomic E-state index is 13.2. The van der Waals surface area contributed by atoms with Crippen LogP contribution >= 0.6 is 12.6 Å². The number of fused-ring (bicyclic) bond motifs is 1. The van der Waals surface area contributed by atoms with Crippen LogP contribution in [0, 0.1) is 10.8 Å². The van der Waals surface area contributed by atoms with Crippen LogP contribution in [0.1, 0.15) is 151 Å². The summed E-state index contributed by atoms with van der Waals surface area (Å²) >= 11 is 3.53. The Morgan fingerprint density at radius 1 is 1.09 bits per heavy atom. The Hall–Kier alpha value is -1.87. The van der Waals surface area contributed by atoms with Crippen molar-refractivity contribution >= 4 is 18.2 Å². The van der Waals surface area contributed by atoms with E-state index in [1.165, 1.54) is 18.6 Å². The summed E-state index contributed by atoms with van der Waals surface area (Å²) in [5.74, 6) is -0.00715. The molecule has 2 aromatic rings. The number of hydrogen-bond donors (Lipinski definition) is 3. The van der Waals surface area contributed by atoms with Gasteiger partial charge in [0.15, 0.2) is 0 Å². The van der Waals surface area contributed by atoms with E-state index in [9.17, 15) is 23.4 Å². The predicted octanol–water partition coefficient (Wildman–Crippen LogP) is 10.3. The largest absolute Gasteiger partial charge is 0.416 e. The van der Waals surface area contributed by atoms with E-state index >= 15 is 0 Å². The zero-order valence-electron chi connectivity index (χ0n) is 28.8. The number of aliphatic hydroxyl groups excluding tert-OH is 2. The number of ether oxygens (including phenoxy) is 1. The first kappa shape index (κ1) is 39.3. The Morgan fingerprint density at radius 3 is 2.16 bits per heavy atom. The van der Waals surface area contributed by atoms with Gasteiger partial charge in [-0.2, -0.15) is 25.8 Å². The number of hydrogen-bond acceptors (Lipinski definition) is 5. The molecule has 8 heteroatoms. The van der Waals surface area contributed by atoms with Gasteiger partial charge in [0.05, 0.1) is 17.4 Å². The molecule has 2 N–H and O–H groups in total. The predicted molar refractivity (Wildman–Crippen MR) is 183 cm³/mol. The molecule has 3 atom stereocenters. The van der Waals surface area contributed by atoms with Gasteiger partial charge >= 0.3 is 6.18 Å². The van der Waals surface area contributed by atoms with Crippen molar-refractivity contribution in [2.45, 2.75) is 124 Å². The van der Waals surface area contributed by atoms with E-state index < -0.39 is 23.9 Å². The second-order valence-electron chi connectivity index (χ2n) is 14.2. The standard InChI is InChI=1S/C30H38F3NO3.C6H14.CH4S/c1-5-18(14-15-37-4)27-26(28(36)20-10-12-21(13-11-20)30(31,32)33)24(19-8-6-7-9-19)25-22(34-27)16-29(2,3)17-23(25)35;1-5-6(2,3)4;1-2/h8,10-13,18,23,28,35-36H,5-7,9,14-17H2,1-4H3;5H2,1-4H3;2H,1H3/t18?,23?,28-;;/m0../s1. The Morgan fingerprint density at radius 2 is 1.69 bits per heavy atom. The molecule has 0 spiro atoms. The van der Waals surface area contributed by atoms with Gasteiger partial charge in [-0.3, -0.25) is 4.98 Å². The average molecular weight is 652 g/mol. The fourth-order valence-corrected chi connectivity index (χ4v) is 5.98. The molecule has 2 aliphatic carbocycles. The molecular weight excluding hydrogens is 595 g/mol. The normalized spacial score (nSPS) is 18.9. The number of allylic oxidation sites excluding steroid dienone is 2. The third-order valence-corrected chi connectivity index (χ3v) is 8.91. The first-order valence-corrected chi connectivity index (χ1v) is 17.1. The number of rotatable bonds is 8. The van der Waals surface area contributed by atoms with Crippen LogP contribution in [0.4, 0.5) is 13.2 Å². The number of benzene rings is 1. The van der Waals surface area contributed by atoms with Gasteiger partial charge in [-0.25, -0.2) is 0 Å². The van der Waals surface area contributed by atoms with Crippen LogP contribution in [-0.4, -0.2) is 35.2 Å². The third-order valence-electron chi connectivity index (χ3n) is 8.91. The maximum absolute atomic E-state index is 13.2. The fourth-order valence-electron chi connectivity index (χ4n) is 5.98. The molecule has 2 aliphatic rings. The van der Waals surface area contributed by atoms with Crippen molar-refractivity contribution in [3.63, 3.8) is 0 Å². The number of aliphatic hydroxyl groups is 2. The molecule has 0 bridgehead atoms. The van der Waals surface area contributed by atoms with Crippen LogP contribution in [0.25, 0.3) is 5.57 Å². The smallest absolute Gasteiger partial charge is 0.388 e. The molecule has 45 heavy (non-hydrogen) atoms. The van der Waals surface area contributed by atoms with Gasteiger partial charge in [0, 0.05) is 36.5 Å². The minimum Gasteiger partial charge on any atom is -0.388 e. The molecule has 0 radical (unpaired) electrons. The molecule has 0 amide bonds. The fraction of sp³-hybridized carbons (Fsp3) is 0.649. The zero-order chi connectivity index (χ0) is 34.2. The van der Waals surface area contributed by atoms with Gasteiger partial charge < -0.3 is 14.9 Å². The summed E-state index contributed by atoms with van der Waals surface area (Å²) in [5.41, 5.74) is 4.99. The highest BCUT2D eigenvalue weighted by molar-refractivity contribution is 7.79. The monoisotopic (exact) mass is 651 g/mol. The Labute approximate surface area is 275 Å². The molecule has 1 aromatic heterocycles. The van der Waals surface area contributed by atoms with E-state index in [1.54, 1.807) is 13.4 Å². The number of thiol groups is 1. The van der Waals surface area contributed by atoms with Crippen LogP contribution in [0.5, 0.6) is 0 Å². The third kappa shape index (κ3) is 10.6. The summed E-state index contributed by atoms with van der Waals surface area (Å²) in [6.45, 7) is 15.8. The molecule has 254 valence electrons. The zero-order valence-corrected chi connectivity index (χ0v) is 29.7. The van der Waals surface area contributed by atoms with Gasteiger partial charge in [0.1, 0.15) is 6.10 Å². The van der Waals surface area contributed by atoms with Gasteiger partial charge in [0.25, 0.3) is 0 Å². The second kappa shape index (κ2) is 16.8. The number of nitrogens with zero attached hydrogens (tertiary/aromatic N) is 1. The van der Waals surface area contributed by atoms with Crippen molar-refractivity contribution in [3.8, 4) is 0 Å². The SMILES string of the molecule is CCC(C)(C)C.CCC(CCOC)c1nc2c(c(C3=CCCC3)c1[C@@H](O)c1ccc(C(F)(F)F)cc1)C(O)CC(C)(C)C2.CS. The van der Waals surface area contributed by atoms with E-state index in [-0.39, 0.29) is 11.3 Å². The molecule has 1 heterocycles. The van der Waals surface area contributed by atoms with Crippen LogP contribution < -0.4 is 0 Å². The summed E-state index contributed by atoms with van der Waals surface area (Å²) in [7, 11) is 1.65. The summed E-state index contributed by atoms with van der Waals surface area (Å²) in [6.07, 6.45) is 4.28. The molecule has 0 saturated carbocycles. The lowest BCUT2D eigenvalue weighted by Gasteiger charge is -2.38. The first-order chi connectivity index (χ1) is 21.0. The summed E-state index contributed by atoms with van der Waals surface area (Å²) in [5, 5.41) is 23.2. The van der Waals surface area contributed by atoms with Gasteiger partial charge in [-0.1, -0.05) is 73.1 Å². The topological polar surface area (TPSA) is 62.6 Å². The highest BCUT2D eigenvalue weighted by Gasteiger charge is 2.39. The van der Waals surface area contributed by atoms with E-state index in [2.05, 4.69) is 67.2 Å². The number of pyridine rings is 1. The summed E-state index contributed by atoms with van der Waals surface area (Å²) in [4.78, 5) is 5.14. The van der Waals surface area contributed by atoms with E-state index in [1.807, 2.05) is 0 Å². The molecule has 4 rings (SSSR count). The van der Waals surface area contributed by atoms with Crippen molar-refractivity contribution in [2.24, 2.45) is 10.8 Å². The van der Waals surface area contributed by atoms with E-state index in [0.717, 1.165) is 65.9 Å². The van der Waals surface area contributed by atoms with Crippen LogP contribution in [-0.2, 0) is 17.3 Å². The second-order valence-corrected chi connectivity index (χ2v) is 14.2. The summed E-state index contributed by atoms with van der Waals surface area (Å²) in [6, 6.07) is 4.72. The molecule has 4 nitrogen and oxygen atoms in total. The lowest BCUT2D eigenvalue weighted by atomic mass is 9.71. The van der Waals surface area contributed by atoms with Crippen molar-refractivity contribution in [2.75, 3.05) is 20.0 Å². The Balaban J connectivity index is 0.000000790. The van der Waals surface area contributed by atoms with Gasteiger partial charge in [0.2, 0.25) is 0 Å². The highest BCUT2D eigenvalue weighted by atomic mass is 32.1. The molecule has 0 aliphatic heterocycles. The van der Waals surface area contributed by atoms with Crippen LogP contribution in [0.3, 0.4) is 0 Å². The quantitative estimate of drug-likeness (QED) is 0.249. The Bertz CT molecular complexity index is 1250. The van der Waals surface area contributed by atoms with Crippen LogP contribution in [0.2, 0.25) is 0 Å². The lowest BCUT2D eigenvalue weighted by Crippen LogP contribution is -2.30. The van der Waals surface area contributed by atoms with Gasteiger partial charge in [-0.15, -0.1) is 0 Å². The minimum absolute atomic E-state index is 0.00715. The van der Waals surface area contributed by atoms with Gasteiger partial charge in [-0.05, 0) is 90.9 Å². The minimum atomic E-state index is -4.45. The number of alkyl halides is 3. The van der Waals surface area contributed by atoms with Crippen molar-refractivity contribution in [1.29, 1.82) is 0 Å². The highest BCUT2D eigenvalue weighted by Crippen LogP contribution is 2.49. The molecular formula is C37H56F3NO3S. The van der Waals surface area contributed by atoms with Crippen LogP contribution in [0.15, 0.2) is 30.3 Å². The van der Waals surface area contributed by atoms with E-state index in [0.29, 0.717) is 42.4 Å². The van der Waals surface area contributed by atoms with E-state index in [4.69, 9.17) is 9.72 Å². The molecule has 0 fully saturated rings. The number of methoxy groups -OCH3 is 1. The van der Waals surface area contributed by atoms with Crippen molar-refractivity contribution in [3.05, 3.63) is 69.5 Å². The first-order valence-electron chi connectivity index (χ1n) is 16.3. The number of halogens is 3. The lowest BCUT2D eigenvalue weighted by molar-refractivity contribution is -0.137. The maximum Gasteiger partial charge on any atom is 0.416 e. The Kier molecular flexibility index (Phi) is 14.7.